The van der Waals surface area contributed by atoms with E-state index in [1.807, 2.05) is 25.6 Å². The van der Waals surface area contributed by atoms with Crippen LogP contribution in [0.4, 0.5) is 4.79 Å². The molecule has 11 heteroatoms. The topological polar surface area (TPSA) is 137 Å². The molecule has 1 aromatic heterocycles. The van der Waals surface area contributed by atoms with Gasteiger partial charge in [0.2, 0.25) is 5.82 Å². The van der Waals surface area contributed by atoms with Gasteiger partial charge in [0.25, 0.3) is 5.91 Å². The van der Waals surface area contributed by atoms with Crippen LogP contribution >= 0.6 is 0 Å². The molecule has 12 atom stereocenters. The molecule has 1 saturated heterocycles. The van der Waals surface area contributed by atoms with Gasteiger partial charge in [-0.3, -0.25) is 4.79 Å². The summed E-state index contributed by atoms with van der Waals surface area (Å²) >= 11 is 0. The maximum Gasteiger partial charge on any atom is 0.506 e. The number of allylic oxidation sites excluding steroid dienone is 1. The number of hydrogen-bond acceptors (Lipinski definition) is 8. The number of hydrogen-bond donors (Lipinski definition) is 3. The molecule has 1 aliphatic heterocycles. The number of aromatic nitrogens is 3. The zero-order valence-electron chi connectivity index (χ0n) is 35.5. The van der Waals surface area contributed by atoms with E-state index in [2.05, 4.69) is 90.9 Å². The van der Waals surface area contributed by atoms with Crippen molar-refractivity contribution < 1.29 is 28.9 Å². The normalized spacial score (nSPS) is 40.6. The van der Waals surface area contributed by atoms with E-state index in [1.54, 1.807) is 0 Å². The van der Waals surface area contributed by atoms with E-state index >= 15 is 0 Å². The van der Waals surface area contributed by atoms with E-state index in [0.29, 0.717) is 49.8 Å². The minimum absolute atomic E-state index is 0.0481. The fourth-order valence-corrected chi connectivity index (χ4v) is 12.6. The van der Waals surface area contributed by atoms with E-state index in [4.69, 9.17) is 19.3 Å². The minimum Gasteiger partial charge on any atom is -0.450 e. The van der Waals surface area contributed by atoms with E-state index in [-0.39, 0.29) is 68.5 Å². The Morgan fingerprint density at radius 3 is 2.37 bits per heavy atom. The van der Waals surface area contributed by atoms with Crippen LogP contribution < -0.4 is 10.6 Å². The van der Waals surface area contributed by atoms with Crippen LogP contribution in [0.1, 0.15) is 138 Å². The molecule has 6 rings (SSSR count). The van der Waals surface area contributed by atoms with E-state index < -0.39 is 12.3 Å². The summed E-state index contributed by atoms with van der Waals surface area (Å²) in [5, 5.41) is 21.6. The summed E-state index contributed by atoms with van der Waals surface area (Å²) in [5.41, 5.74) is -0.339. The summed E-state index contributed by atoms with van der Waals surface area (Å²) in [6.07, 6.45) is 7.52. The van der Waals surface area contributed by atoms with Gasteiger partial charge in [-0.15, -0.1) is 0 Å². The third-order valence-electron chi connectivity index (χ3n) is 16.9. The van der Waals surface area contributed by atoms with Crippen molar-refractivity contribution in [1.29, 1.82) is 0 Å². The van der Waals surface area contributed by atoms with Crippen LogP contribution in [0.3, 0.4) is 0 Å². The summed E-state index contributed by atoms with van der Waals surface area (Å²) in [5.74, 6) is 1.62. The lowest BCUT2D eigenvalue weighted by Crippen LogP contribution is -2.70. The second-order valence-corrected chi connectivity index (χ2v) is 20.3. The zero-order chi connectivity index (χ0) is 39.8. The average molecular weight is 754 g/mol. The number of nitrogens with one attached hydrogen (secondary N) is 2. The van der Waals surface area contributed by atoms with Crippen molar-refractivity contribution in [3.8, 4) is 0 Å². The Morgan fingerprint density at radius 2 is 1.76 bits per heavy atom. The molecule has 54 heavy (non-hydrogen) atoms. The first-order chi connectivity index (χ1) is 25.1. The van der Waals surface area contributed by atoms with Crippen molar-refractivity contribution in [3.05, 3.63) is 23.8 Å². The Labute approximate surface area is 324 Å². The van der Waals surface area contributed by atoms with Crippen LogP contribution in [0.15, 0.2) is 18.0 Å². The molecular weight excluding hydrogens is 683 g/mol. The number of nitrogens with zero attached hydrogens (tertiary/aromatic N) is 3. The van der Waals surface area contributed by atoms with Crippen molar-refractivity contribution in [1.82, 2.24) is 25.4 Å². The number of carbonyl (C=O) groups excluding carboxylic acids is 1. The Morgan fingerprint density at radius 1 is 1.06 bits per heavy atom. The minimum atomic E-state index is -1.18. The highest BCUT2D eigenvalue weighted by Crippen LogP contribution is 2.74. The van der Waals surface area contributed by atoms with Gasteiger partial charge in [0.15, 0.2) is 0 Å². The van der Waals surface area contributed by atoms with E-state index in [9.17, 15) is 14.7 Å². The van der Waals surface area contributed by atoms with Crippen molar-refractivity contribution in [2.24, 2.45) is 56.7 Å². The molecule has 2 heterocycles. The molecule has 5 aliphatic rings. The van der Waals surface area contributed by atoms with E-state index in [0.717, 1.165) is 32.1 Å². The van der Waals surface area contributed by atoms with Crippen molar-refractivity contribution in [2.75, 3.05) is 26.9 Å². The molecule has 3 N–H and O–H groups in total. The van der Waals surface area contributed by atoms with Crippen LogP contribution in [0.2, 0.25) is 0 Å². The maximum absolute atomic E-state index is 13.7. The van der Waals surface area contributed by atoms with Gasteiger partial charge in [-0.1, -0.05) is 74.0 Å². The third kappa shape index (κ3) is 6.07. The molecule has 2 bridgehead atoms. The standard InChI is InChI=1S/C43H71N5O6/c1-25(2)28(7)38(8)18-19-40(10)29-14-15-32-39(9)21-52-23-43(32,30(29)16-17-41(40,11)36(38)54-37(50)51)20-31(33(39)53-22-42(12,44-13)26(3)4)48-34(45-24-46-48)35(49)47-27(5)6/h16,24-29,31-33,36,44H,14-15,17-23H2,1-13H3,(H,47,49)(H,50,51)/t28-,29+,31-,32+,33+,36-,38-,39-,40-,41-,42+,43+/m1/s1. The molecule has 0 radical (unpaired) electrons. The van der Waals surface area contributed by atoms with Gasteiger partial charge in [0.1, 0.15) is 12.4 Å². The van der Waals surface area contributed by atoms with Crippen LogP contribution in [0, 0.1) is 56.7 Å². The molecule has 304 valence electrons. The van der Waals surface area contributed by atoms with Gasteiger partial charge in [-0.05, 0) is 101 Å². The van der Waals surface area contributed by atoms with Crippen molar-refractivity contribution in [3.63, 3.8) is 0 Å². The molecule has 3 saturated carbocycles. The van der Waals surface area contributed by atoms with Gasteiger partial charge in [-0.2, -0.15) is 5.10 Å². The summed E-state index contributed by atoms with van der Waals surface area (Å²) in [4.78, 5) is 30.7. The maximum atomic E-state index is 13.7. The van der Waals surface area contributed by atoms with Gasteiger partial charge in [-0.25, -0.2) is 14.5 Å². The molecule has 11 nitrogen and oxygen atoms in total. The number of likely N-dealkylation sites (N-methyl/N-ethyl adjacent to an activating group) is 1. The van der Waals surface area contributed by atoms with Crippen LogP contribution in [-0.4, -0.2) is 82.6 Å². The molecule has 1 amide bonds. The van der Waals surface area contributed by atoms with Crippen LogP contribution in [0.5, 0.6) is 0 Å². The lowest BCUT2D eigenvalue weighted by molar-refractivity contribution is -0.257. The van der Waals surface area contributed by atoms with Gasteiger partial charge in [0, 0.05) is 33.2 Å². The van der Waals surface area contributed by atoms with Crippen molar-refractivity contribution in [2.45, 2.75) is 151 Å². The lowest BCUT2D eigenvalue weighted by Gasteiger charge is -2.71. The molecule has 0 unspecified atom stereocenters. The molecular formula is C43H71N5O6. The van der Waals surface area contributed by atoms with E-state index in [1.165, 1.54) is 11.9 Å². The first kappa shape index (κ1) is 41.1. The number of fused-ring (bicyclic) bond motifs is 3. The predicted octanol–water partition coefficient (Wildman–Crippen LogP) is 7.93. The number of carboxylic acid groups (broad SMARTS) is 1. The number of carbonyl (C=O) groups is 2. The first-order valence-electron chi connectivity index (χ1n) is 20.8. The Bertz CT molecular complexity index is 1610. The zero-order valence-corrected chi connectivity index (χ0v) is 35.5. The average Bonchev–Trinajstić information content (AvgIpc) is 3.59. The summed E-state index contributed by atoms with van der Waals surface area (Å²) in [6, 6.07) is -0.308. The Balaban J connectivity index is 1.48. The molecule has 0 spiro atoms. The van der Waals surface area contributed by atoms with Crippen LogP contribution in [-0.2, 0) is 14.2 Å². The number of amides is 1. The second-order valence-electron chi connectivity index (χ2n) is 20.3. The highest BCUT2D eigenvalue weighted by Gasteiger charge is 2.72. The largest absolute Gasteiger partial charge is 0.506 e. The monoisotopic (exact) mass is 754 g/mol. The Hall–Kier alpha value is -2.50. The van der Waals surface area contributed by atoms with Crippen molar-refractivity contribution >= 4 is 12.1 Å². The third-order valence-corrected chi connectivity index (χ3v) is 16.9. The molecule has 4 aliphatic carbocycles. The number of rotatable bonds is 11. The Kier molecular flexibility index (Phi) is 10.8. The quantitative estimate of drug-likeness (QED) is 0.152. The fourth-order valence-electron chi connectivity index (χ4n) is 12.6. The SMILES string of the molecule is CN[C@@](C)(CO[C@H]1[C@H](n2ncnc2C(=O)NC(C)C)C[C@@]23COC[C@]1(C)[C@@H]2CC[C@H]1C3=CC[C@]2(C)[C@H](OC(=O)O)[C@@](C)([C@H](C)C(C)C)CC[C@]12C)C(C)C. The second kappa shape index (κ2) is 14.2. The highest BCUT2D eigenvalue weighted by atomic mass is 16.7. The summed E-state index contributed by atoms with van der Waals surface area (Å²) in [6.45, 7) is 28.4. The smallest absolute Gasteiger partial charge is 0.450 e. The fraction of sp³-hybridized carbons (Fsp3) is 0.860. The van der Waals surface area contributed by atoms with Gasteiger partial charge < -0.3 is 30.0 Å². The van der Waals surface area contributed by atoms with Gasteiger partial charge >= 0.3 is 6.16 Å². The predicted molar refractivity (Wildman–Crippen MR) is 209 cm³/mol. The highest BCUT2D eigenvalue weighted by molar-refractivity contribution is 5.90. The van der Waals surface area contributed by atoms with Crippen LogP contribution in [0.25, 0.3) is 0 Å². The lowest BCUT2D eigenvalue weighted by atomic mass is 9.35. The molecule has 1 aromatic rings. The molecule has 4 fully saturated rings. The summed E-state index contributed by atoms with van der Waals surface area (Å²) < 4.78 is 22.0. The van der Waals surface area contributed by atoms with Gasteiger partial charge in [0.05, 0.1) is 32.0 Å². The summed E-state index contributed by atoms with van der Waals surface area (Å²) in [7, 11) is 2.00. The molecule has 0 aromatic carbocycles. The number of ether oxygens (including phenoxy) is 3. The first-order valence-corrected chi connectivity index (χ1v) is 20.8.